The van der Waals surface area contributed by atoms with Crippen LogP contribution in [0.15, 0.2) is 24.3 Å². The van der Waals surface area contributed by atoms with Gasteiger partial charge in [0.15, 0.2) is 0 Å². The van der Waals surface area contributed by atoms with Crippen LogP contribution >= 0.6 is 0 Å². The molecule has 20 heavy (non-hydrogen) atoms. The van der Waals surface area contributed by atoms with E-state index in [0.717, 1.165) is 24.9 Å². The van der Waals surface area contributed by atoms with Crippen LogP contribution in [0.3, 0.4) is 0 Å². The van der Waals surface area contributed by atoms with Crippen LogP contribution in [0.5, 0.6) is 0 Å². The molecule has 0 aromatic heterocycles. The Morgan fingerprint density at radius 3 is 2.65 bits per heavy atom. The van der Waals surface area contributed by atoms with Gasteiger partial charge in [-0.3, -0.25) is 0 Å². The summed E-state index contributed by atoms with van der Waals surface area (Å²) in [5, 5.41) is 3.53. The van der Waals surface area contributed by atoms with Crippen molar-refractivity contribution in [3.8, 4) is 0 Å². The maximum absolute atomic E-state index is 13.6. The molecule has 2 fully saturated rings. The summed E-state index contributed by atoms with van der Waals surface area (Å²) in [4.78, 5) is 0. The SMILES string of the molecule is CC1CC(C)CC2(CCNCC2c2cccc(F)c2)C1. The monoisotopic (exact) mass is 275 g/mol. The van der Waals surface area contributed by atoms with Crippen molar-refractivity contribution in [3.05, 3.63) is 35.6 Å². The number of piperidine rings is 1. The molecule has 1 saturated carbocycles. The second-order valence-corrected chi connectivity index (χ2v) is 7.28. The average molecular weight is 275 g/mol. The molecule has 1 nitrogen and oxygen atoms in total. The van der Waals surface area contributed by atoms with Crippen LogP contribution in [-0.2, 0) is 0 Å². The van der Waals surface area contributed by atoms with Crippen molar-refractivity contribution in [3.63, 3.8) is 0 Å². The number of hydrogen-bond acceptors (Lipinski definition) is 1. The first kappa shape index (κ1) is 14.1. The van der Waals surface area contributed by atoms with Gasteiger partial charge in [0.1, 0.15) is 5.82 Å². The Hall–Kier alpha value is -0.890. The minimum absolute atomic E-state index is 0.0971. The van der Waals surface area contributed by atoms with E-state index in [1.54, 1.807) is 12.1 Å². The van der Waals surface area contributed by atoms with Crippen LogP contribution in [0.4, 0.5) is 4.39 Å². The highest BCUT2D eigenvalue weighted by Gasteiger charge is 2.45. The molecule has 2 heteroatoms. The van der Waals surface area contributed by atoms with Crippen LogP contribution in [0.1, 0.15) is 51.0 Å². The molecule has 3 atom stereocenters. The van der Waals surface area contributed by atoms with Crippen molar-refractivity contribution >= 4 is 0 Å². The van der Waals surface area contributed by atoms with Crippen LogP contribution in [0, 0.1) is 23.1 Å². The number of halogens is 1. The first-order valence-corrected chi connectivity index (χ1v) is 8.05. The number of benzene rings is 1. The minimum Gasteiger partial charge on any atom is -0.316 e. The van der Waals surface area contributed by atoms with E-state index in [1.807, 2.05) is 6.07 Å². The Morgan fingerprint density at radius 1 is 1.20 bits per heavy atom. The number of hydrogen-bond donors (Lipinski definition) is 1. The largest absolute Gasteiger partial charge is 0.316 e. The van der Waals surface area contributed by atoms with Crippen LogP contribution in [0.2, 0.25) is 0 Å². The summed E-state index contributed by atoms with van der Waals surface area (Å²) < 4.78 is 13.6. The van der Waals surface area contributed by atoms with E-state index in [-0.39, 0.29) is 5.82 Å². The summed E-state index contributed by atoms with van der Waals surface area (Å²) >= 11 is 0. The molecule has 2 aliphatic rings. The van der Waals surface area contributed by atoms with E-state index in [4.69, 9.17) is 0 Å². The summed E-state index contributed by atoms with van der Waals surface area (Å²) in [6, 6.07) is 7.29. The fourth-order valence-electron chi connectivity index (χ4n) is 4.98. The van der Waals surface area contributed by atoms with Crippen molar-refractivity contribution in [2.24, 2.45) is 17.3 Å². The van der Waals surface area contributed by atoms with Crippen molar-refractivity contribution in [2.45, 2.75) is 45.4 Å². The Labute approximate surface area is 122 Å². The van der Waals surface area contributed by atoms with Crippen molar-refractivity contribution in [1.29, 1.82) is 0 Å². The number of nitrogens with one attached hydrogen (secondary N) is 1. The molecule has 1 N–H and O–H groups in total. The highest BCUT2D eigenvalue weighted by Crippen LogP contribution is 2.53. The molecule has 1 heterocycles. The van der Waals surface area contributed by atoms with Gasteiger partial charge in [-0.1, -0.05) is 26.0 Å². The molecule has 1 saturated heterocycles. The predicted octanol–water partition coefficient (Wildman–Crippen LogP) is 4.35. The van der Waals surface area contributed by atoms with E-state index in [9.17, 15) is 4.39 Å². The quantitative estimate of drug-likeness (QED) is 0.803. The van der Waals surface area contributed by atoms with Gasteiger partial charge in [-0.05, 0) is 67.2 Å². The van der Waals surface area contributed by atoms with E-state index < -0.39 is 0 Å². The van der Waals surface area contributed by atoms with E-state index in [1.165, 1.54) is 31.2 Å². The Bertz CT molecular complexity index is 460. The van der Waals surface area contributed by atoms with Gasteiger partial charge in [-0.2, -0.15) is 0 Å². The first-order valence-electron chi connectivity index (χ1n) is 8.05. The second-order valence-electron chi connectivity index (χ2n) is 7.28. The lowest BCUT2D eigenvalue weighted by Gasteiger charge is -2.51. The van der Waals surface area contributed by atoms with Crippen LogP contribution < -0.4 is 5.32 Å². The molecule has 110 valence electrons. The van der Waals surface area contributed by atoms with Crippen molar-refractivity contribution < 1.29 is 4.39 Å². The van der Waals surface area contributed by atoms with Gasteiger partial charge in [-0.15, -0.1) is 0 Å². The zero-order valence-corrected chi connectivity index (χ0v) is 12.7. The highest BCUT2D eigenvalue weighted by atomic mass is 19.1. The Kier molecular flexibility index (Phi) is 3.85. The first-order chi connectivity index (χ1) is 9.59. The Morgan fingerprint density at radius 2 is 1.95 bits per heavy atom. The zero-order chi connectivity index (χ0) is 14.2. The van der Waals surface area contributed by atoms with Crippen LogP contribution in [0.25, 0.3) is 0 Å². The van der Waals surface area contributed by atoms with E-state index in [0.29, 0.717) is 11.3 Å². The lowest BCUT2D eigenvalue weighted by atomic mass is 9.56. The van der Waals surface area contributed by atoms with Gasteiger partial charge in [0, 0.05) is 12.5 Å². The molecule has 1 aliphatic heterocycles. The molecular formula is C18H26FN. The zero-order valence-electron chi connectivity index (χ0n) is 12.7. The normalized spacial score (nSPS) is 38.0. The standard InChI is InChI=1S/C18H26FN/c1-13-8-14(2)11-18(10-13)6-7-20-12-17(18)15-4-3-5-16(19)9-15/h3-5,9,13-14,17,20H,6-8,10-12H2,1-2H3. The molecule has 3 unspecified atom stereocenters. The fraction of sp³-hybridized carbons (Fsp3) is 0.667. The van der Waals surface area contributed by atoms with E-state index >= 15 is 0 Å². The highest BCUT2D eigenvalue weighted by molar-refractivity contribution is 5.25. The van der Waals surface area contributed by atoms with Gasteiger partial charge in [-0.25, -0.2) is 4.39 Å². The summed E-state index contributed by atoms with van der Waals surface area (Å²) in [6.45, 7) is 6.90. The smallest absolute Gasteiger partial charge is 0.123 e. The molecule has 1 aromatic rings. The molecule has 1 aliphatic carbocycles. The van der Waals surface area contributed by atoms with Crippen molar-refractivity contribution in [2.75, 3.05) is 13.1 Å². The summed E-state index contributed by atoms with van der Waals surface area (Å²) in [7, 11) is 0. The molecule has 0 amide bonds. The molecule has 0 bridgehead atoms. The maximum Gasteiger partial charge on any atom is 0.123 e. The van der Waals surface area contributed by atoms with Gasteiger partial charge in [0.2, 0.25) is 0 Å². The minimum atomic E-state index is -0.0971. The molecule has 1 spiro atoms. The van der Waals surface area contributed by atoms with Gasteiger partial charge in [0.25, 0.3) is 0 Å². The summed E-state index contributed by atoms with van der Waals surface area (Å²) in [5.74, 6) is 1.97. The second kappa shape index (κ2) is 5.48. The molecule has 0 radical (unpaired) electrons. The predicted molar refractivity (Wildman–Crippen MR) is 81.2 cm³/mol. The van der Waals surface area contributed by atoms with Gasteiger partial charge >= 0.3 is 0 Å². The van der Waals surface area contributed by atoms with Crippen LogP contribution in [-0.4, -0.2) is 13.1 Å². The number of rotatable bonds is 1. The maximum atomic E-state index is 13.6. The lowest BCUT2D eigenvalue weighted by Crippen LogP contribution is -2.47. The third kappa shape index (κ3) is 2.63. The lowest BCUT2D eigenvalue weighted by molar-refractivity contribution is 0.0471. The van der Waals surface area contributed by atoms with Crippen molar-refractivity contribution in [1.82, 2.24) is 5.32 Å². The summed E-state index contributed by atoms with van der Waals surface area (Å²) in [6.07, 6.45) is 5.20. The fourth-order valence-corrected chi connectivity index (χ4v) is 4.98. The average Bonchev–Trinajstić information content (AvgIpc) is 2.37. The van der Waals surface area contributed by atoms with Gasteiger partial charge < -0.3 is 5.32 Å². The topological polar surface area (TPSA) is 12.0 Å². The van der Waals surface area contributed by atoms with Gasteiger partial charge in [0.05, 0.1) is 0 Å². The third-order valence-electron chi connectivity index (χ3n) is 5.45. The molecule has 3 rings (SSSR count). The van der Waals surface area contributed by atoms with E-state index in [2.05, 4.69) is 25.2 Å². The summed E-state index contributed by atoms with van der Waals surface area (Å²) in [5.41, 5.74) is 1.58. The third-order valence-corrected chi connectivity index (χ3v) is 5.45. The molecular weight excluding hydrogens is 249 g/mol. The Balaban J connectivity index is 1.94. The molecule has 1 aromatic carbocycles.